The Morgan fingerprint density at radius 2 is 1.69 bits per heavy atom. The van der Waals surface area contributed by atoms with Crippen molar-refractivity contribution >= 4 is 5.91 Å². The number of carbonyl (C=O) groups excluding carboxylic acids is 1. The number of nitrogens with two attached hydrogens (primary N) is 1. The number of carbonyl (C=O) groups is 1. The van der Waals surface area contributed by atoms with Crippen LogP contribution in [-0.4, -0.2) is 17.6 Å². The van der Waals surface area contributed by atoms with Gasteiger partial charge in [0.25, 0.3) is 0 Å². The minimum Gasteiger partial charge on any atom is -0.396 e. The number of aliphatic hydroxyl groups is 1. The van der Waals surface area contributed by atoms with Gasteiger partial charge >= 0.3 is 0 Å². The van der Waals surface area contributed by atoms with Crippen LogP contribution in [0.4, 0.5) is 0 Å². The molecule has 8 atom stereocenters. The number of hydrogen-bond donors (Lipinski definition) is 2. The van der Waals surface area contributed by atoms with E-state index < -0.39 is 0 Å². The fraction of sp³-hybridized carbons (Fsp3) is 0.966. The molecule has 32 heavy (non-hydrogen) atoms. The second-order valence-electron chi connectivity index (χ2n) is 12.3. The fourth-order valence-electron chi connectivity index (χ4n) is 8.84. The first-order valence-corrected chi connectivity index (χ1v) is 14.0. The van der Waals surface area contributed by atoms with Gasteiger partial charge < -0.3 is 10.8 Å². The van der Waals surface area contributed by atoms with Gasteiger partial charge in [0.05, 0.1) is 0 Å². The fourth-order valence-corrected chi connectivity index (χ4v) is 8.84. The minimum absolute atomic E-state index is 0.0280. The second-order valence-corrected chi connectivity index (χ2v) is 12.3. The number of rotatable bonds is 9. The van der Waals surface area contributed by atoms with Gasteiger partial charge in [-0.15, -0.1) is 0 Å². The molecule has 3 saturated carbocycles. The summed E-state index contributed by atoms with van der Waals surface area (Å²) in [6.45, 7) is 16.4. The van der Waals surface area contributed by atoms with Gasteiger partial charge in [-0.25, -0.2) is 0 Å². The zero-order valence-corrected chi connectivity index (χ0v) is 22.5. The molecule has 3 fully saturated rings. The van der Waals surface area contributed by atoms with Gasteiger partial charge in [-0.05, 0) is 97.2 Å². The monoisotopic (exact) mass is 449 g/mol. The molecule has 188 valence electrons. The molecule has 0 aliphatic heterocycles. The number of primary amides is 1. The molecular formula is C29H55NO2. The Kier molecular flexibility index (Phi) is 10.1. The van der Waals surface area contributed by atoms with Crippen LogP contribution in [-0.2, 0) is 4.79 Å². The van der Waals surface area contributed by atoms with Crippen molar-refractivity contribution in [2.24, 2.45) is 58.0 Å². The molecule has 0 spiro atoms. The van der Waals surface area contributed by atoms with Crippen molar-refractivity contribution in [2.75, 3.05) is 6.61 Å². The highest BCUT2D eigenvalue weighted by Gasteiger charge is 2.60. The normalized spacial score (nSPS) is 39.6. The number of fused-ring (bicyclic) bond motifs is 3. The molecule has 3 aliphatic carbocycles. The third-order valence-electron chi connectivity index (χ3n) is 10.3. The average molecular weight is 450 g/mol. The highest BCUT2D eigenvalue weighted by atomic mass is 16.3. The molecule has 0 aromatic rings. The number of aliphatic hydroxyl groups excluding tert-OH is 1. The van der Waals surface area contributed by atoms with Crippen LogP contribution in [0.1, 0.15) is 119 Å². The van der Waals surface area contributed by atoms with Crippen molar-refractivity contribution < 1.29 is 9.90 Å². The van der Waals surface area contributed by atoms with E-state index >= 15 is 0 Å². The summed E-state index contributed by atoms with van der Waals surface area (Å²) in [5.74, 6) is 4.96. The maximum absolute atomic E-state index is 12.0. The molecule has 0 saturated heterocycles. The smallest absolute Gasteiger partial charge is 0.217 e. The molecule has 0 radical (unpaired) electrons. The van der Waals surface area contributed by atoms with E-state index in [1.807, 2.05) is 13.8 Å². The van der Waals surface area contributed by atoms with Gasteiger partial charge in [0.15, 0.2) is 0 Å². The number of amides is 1. The van der Waals surface area contributed by atoms with Crippen molar-refractivity contribution in [1.29, 1.82) is 0 Å². The van der Waals surface area contributed by atoms with Crippen LogP contribution in [0.25, 0.3) is 0 Å². The van der Waals surface area contributed by atoms with E-state index in [2.05, 4.69) is 34.6 Å². The van der Waals surface area contributed by atoms with Crippen LogP contribution >= 0.6 is 0 Å². The van der Waals surface area contributed by atoms with Crippen LogP contribution in [0.15, 0.2) is 0 Å². The summed E-state index contributed by atoms with van der Waals surface area (Å²) in [6, 6.07) is 0. The predicted molar refractivity (Wildman–Crippen MR) is 136 cm³/mol. The molecule has 0 heterocycles. The van der Waals surface area contributed by atoms with E-state index in [-0.39, 0.29) is 17.9 Å². The molecular weight excluding hydrogens is 394 g/mol. The Morgan fingerprint density at radius 3 is 2.28 bits per heavy atom. The van der Waals surface area contributed by atoms with E-state index in [0.717, 1.165) is 42.4 Å². The third kappa shape index (κ3) is 5.56. The highest BCUT2D eigenvalue weighted by Crippen LogP contribution is 2.67. The lowest BCUT2D eigenvalue weighted by molar-refractivity contribution is -0.133. The first-order chi connectivity index (χ1) is 15.1. The van der Waals surface area contributed by atoms with Crippen molar-refractivity contribution in [3.05, 3.63) is 0 Å². The maximum atomic E-state index is 12.0. The third-order valence-corrected chi connectivity index (χ3v) is 10.3. The van der Waals surface area contributed by atoms with Crippen LogP contribution in [0.2, 0.25) is 0 Å². The predicted octanol–water partition coefficient (Wildman–Crippen LogP) is 7.21. The van der Waals surface area contributed by atoms with Crippen LogP contribution in [0.5, 0.6) is 0 Å². The SMILES string of the molecule is CC.CC(C)CCC[C@@H](C)C1CCC2C3CC[C@@H](CCO)[C@](C)(CC(N)=O)C3CC[C@@]21C. The zero-order chi connectivity index (χ0) is 24.1. The highest BCUT2D eigenvalue weighted by molar-refractivity contribution is 5.74. The molecule has 0 aromatic heterocycles. The molecule has 4 unspecified atom stereocenters. The summed E-state index contributed by atoms with van der Waals surface area (Å²) in [4.78, 5) is 12.0. The molecule has 0 aromatic carbocycles. The minimum atomic E-state index is -0.155. The quantitative estimate of drug-likeness (QED) is 0.390. The van der Waals surface area contributed by atoms with E-state index in [1.54, 1.807) is 0 Å². The van der Waals surface area contributed by atoms with Gasteiger partial charge in [-0.1, -0.05) is 67.7 Å². The first kappa shape index (κ1) is 27.7. The lowest BCUT2D eigenvalue weighted by Gasteiger charge is -2.59. The lowest BCUT2D eigenvalue weighted by atomic mass is 9.45. The summed E-state index contributed by atoms with van der Waals surface area (Å²) in [6.07, 6.45) is 13.2. The van der Waals surface area contributed by atoms with Gasteiger partial charge in [-0.3, -0.25) is 4.79 Å². The summed E-state index contributed by atoms with van der Waals surface area (Å²) in [5, 5.41) is 9.66. The first-order valence-electron chi connectivity index (χ1n) is 14.0. The van der Waals surface area contributed by atoms with Crippen molar-refractivity contribution in [3.8, 4) is 0 Å². The Bertz CT molecular complexity index is 590. The maximum Gasteiger partial charge on any atom is 0.217 e. The number of hydrogen-bond acceptors (Lipinski definition) is 2. The molecule has 3 rings (SSSR count). The van der Waals surface area contributed by atoms with Crippen molar-refractivity contribution in [3.63, 3.8) is 0 Å². The topological polar surface area (TPSA) is 63.3 Å². The van der Waals surface area contributed by atoms with E-state index in [4.69, 9.17) is 5.73 Å². The van der Waals surface area contributed by atoms with Gasteiger partial charge in [0.1, 0.15) is 0 Å². The molecule has 3 N–H and O–H groups in total. The standard InChI is InChI=1S/C27H49NO2.C2H6/c1-18(2)7-6-8-19(3)22-11-12-23-21-10-9-20(14-16-29)27(5,17-25(28)30)24(21)13-15-26(22,23)4;1-2/h18-24,29H,6-17H2,1-5H3,(H2,28,30);1-2H3/t19-,20+,21?,22?,23?,24?,26-,27+;/m1./s1. The Balaban J connectivity index is 0.00000176. The summed E-state index contributed by atoms with van der Waals surface area (Å²) < 4.78 is 0. The molecule has 0 bridgehead atoms. The van der Waals surface area contributed by atoms with Crippen molar-refractivity contribution in [2.45, 2.75) is 119 Å². The van der Waals surface area contributed by atoms with Gasteiger partial charge in [0.2, 0.25) is 5.91 Å². The summed E-state index contributed by atoms with van der Waals surface area (Å²) in [5.41, 5.74) is 6.20. The van der Waals surface area contributed by atoms with Gasteiger partial charge in [0, 0.05) is 13.0 Å². The summed E-state index contributed by atoms with van der Waals surface area (Å²) >= 11 is 0. The van der Waals surface area contributed by atoms with Crippen LogP contribution in [0.3, 0.4) is 0 Å². The summed E-state index contributed by atoms with van der Waals surface area (Å²) in [7, 11) is 0. The van der Waals surface area contributed by atoms with Crippen LogP contribution < -0.4 is 5.73 Å². The second kappa shape index (κ2) is 11.7. The van der Waals surface area contributed by atoms with E-state index in [9.17, 15) is 9.90 Å². The Morgan fingerprint density at radius 1 is 1.00 bits per heavy atom. The molecule has 3 heteroatoms. The Hall–Kier alpha value is -0.570. The van der Waals surface area contributed by atoms with E-state index in [0.29, 0.717) is 23.7 Å². The van der Waals surface area contributed by atoms with Gasteiger partial charge in [-0.2, -0.15) is 0 Å². The van der Waals surface area contributed by atoms with Crippen molar-refractivity contribution in [1.82, 2.24) is 0 Å². The van der Waals surface area contributed by atoms with E-state index in [1.165, 1.54) is 51.4 Å². The molecule has 1 amide bonds. The largest absolute Gasteiger partial charge is 0.396 e. The van der Waals surface area contributed by atoms with Crippen LogP contribution in [0, 0.1) is 52.3 Å². The Labute approximate surface area is 199 Å². The zero-order valence-electron chi connectivity index (χ0n) is 22.5. The molecule has 3 nitrogen and oxygen atoms in total. The molecule has 3 aliphatic rings. The average Bonchev–Trinajstić information content (AvgIpc) is 3.08. The lowest BCUT2D eigenvalue weighted by Crippen LogP contribution is -2.53.